The van der Waals surface area contributed by atoms with Crippen LogP contribution in [0.1, 0.15) is 49.5 Å². The van der Waals surface area contributed by atoms with E-state index >= 15 is 0 Å². The molecule has 6 nitrogen and oxygen atoms in total. The molecule has 0 aromatic heterocycles. The van der Waals surface area contributed by atoms with Crippen molar-refractivity contribution in [3.8, 4) is 5.75 Å². The number of benzene rings is 2. The predicted octanol–water partition coefficient (Wildman–Crippen LogP) is 5.25. The van der Waals surface area contributed by atoms with Crippen LogP contribution in [-0.2, 0) is 11.3 Å². The molecule has 4 rings (SSSR count). The third-order valence-electron chi connectivity index (χ3n) is 5.79. The Labute approximate surface area is 197 Å². The molecule has 2 aromatic carbocycles. The van der Waals surface area contributed by atoms with E-state index in [0.29, 0.717) is 37.6 Å². The fraction of sp³-hybridized carbons (Fsp3) is 0.440. The molecule has 1 heterocycles. The summed E-state index contributed by atoms with van der Waals surface area (Å²) in [5.74, 6) is 0.611. The molecule has 2 fully saturated rings. The van der Waals surface area contributed by atoms with Gasteiger partial charge >= 0.3 is 6.09 Å². The molecule has 1 saturated carbocycles. The van der Waals surface area contributed by atoms with Gasteiger partial charge in [0.2, 0.25) is 0 Å². The molecule has 0 N–H and O–H groups in total. The van der Waals surface area contributed by atoms with Crippen molar-refractivity contribution in [1.29, 1.82) is 0 Å². The molecular weight excluding hydrogens is 472 g/mol. The summed E-state index contributed by atoms with van der Waals surface area (Å²) in [5, 5.41) is 0. The summed E-state index contributed by atoms with van der Waals surface area (Å²) >= 11 is 3.52. The van der Waals surface area contributed by atoms with Gasteiger partial charge in [-0.1, -0.05) is 30.3 Å². The lowest BCUT2D eigenvalue weighted by molar-refractivity contribution is 0.000630. The summed E-state index contributed by atoms with van der Waals surface area (Å²) in [6.45, 7) is 7.50. The SMILES string of the molecule is CC(C)(C)OC(=O)N1CCN(C(=O)c2ccc(Br)c(OCc3ccccc3)c2)C2(CC2)C1. The zero-order valence-electron chi connectivity index (χ0n) is 18.8. The molecule has 1 aliphatic heterocycles. The van der Waals surface area contributed by atoms with E-state index in [1.54, 1.807) is 11.0 Å². The lowest BCUT2D eigenvalue weighted by atomic mass is 10.1. The number of carbonyl (C=O) groups excluding carboxylic acids is 2. The first-order valence-electron chi connectivity index (χ1n) is 10.9. The summed E-state index contributed by atoms with van der Waals surface area (Å²) in [6, 6.07) is 15.4. The Morgan fingerprint density at radius 3 is 2.44 bits per heavy atom. The van der Waals surface area contributed by atoms with Gasteiger partial charge in [-0.15, -0.1) is 0 Å². The highest BCUT2D eigenvalue weighted by atomic mass is 79.9. The smallest absolute Gasteiger partial charge is 0.410 e. The molecule has 0 radical (unpaired) electrons. The number of rotatable bonds is 4. The molecule has 1 saturated heterocycles. The highest BCUT2D eigenvalue weighted by molar-refractivity contribution is 9.10. The van der Waals surface area contributed by atoms with Gasteiger partial charge < -0.3 is 19.3 Å². The van der Waals surface area contributed by atoms with Crippen LogP contribution < -0.4 is 4.74 Å². The van der Waals surface area contributed by atoms with E-state index < -0.39 is 5.60 Å². The maximum Gasteiger partial charge on any atom is 0.410 e. The Hall–Kier alpha value is -2.54. The van der Waals surface area contributed by atoms with Crippen LogP contribution in [0.5, 0.6) is 5.75 Å². The van der Waals surface area contributed by atoms with Gasteiger partial charge in [0.05, 0.1) is 10.0 Å². The van der Waals surface area contributed by atoms with Crippen molar-refractivity contribution in [1.82, 2.24) is 9.80 Å². The zero-order valence-corrected chi connectivity index (χ0v) is 20.4. The van der Waals surface area contributed by atoms with E-state index in [0.717, 1.165) is 22.9 Å². The van der Waals surface area contributed by atoms with Crippen LogP contribution in [0.15, 0.2) is 53.0 Å². The summed E-state index contributed by atoms with van der Waals surface area (Å²) in [7, 11) is 0. The third kappa shape index (κ3) is 5.09. The van der Waals surface area contributed by atoms with Gasteiger partial charge in [0, 0.05) is 25.2 Å². The van der Waals surface area contributed by atoms with Crippen LogP contribution in [0.25, 0.3) is 0 Å². The van der Waals surface area contributed by atoms with Crippen LogP contribution >= 0.6 is 15.9 Å². The van der Waals surface area contributed by atoms with Crippen molar-refractivity contribution >= 4 is 27.9 Å². The van der Waals surface area contributed by atoms with Gasteiger partial charge in [-0.2, -0.15) is 0 Å². The first kappa shape index (κ1) is 22.6. The van der Waals surface area contributed by atoms with Crippen LogP contribution in [0.2, 0.25) is 0 Å². The third-order valence-corrected chi connectivity index (χ3v) is 6.45. The fourth-order valence-electron chi connectivity index (χ4n) is 3.99. The average Bonchev–Trinajstić information content (AvgIpc) is 3.51. The van der Waals surface area contributed by atoms with E-state index in [1.165, 1.54) is 0 Å². The summed E-state index contributed by atoms with van der Waals surface area (Å²) in [6.07, 6.45) is 1.48. The highest BCUT2D eigenvalue weighted by Gasteiger charge is 2.54. The van der Waals surface area contributed by atoms with Crippen LogP contribution in [-0.4, -0.2) is 52.6 Å². The second kappa shape index (κ2) is 8.77. The van der Waals surface area contributed by atoms with Crippen molar-refractivity contribution in [2.24, 2.45) is 0 Å². The number of halogens is 1. The van der Waals surface area contributed by atoms with Crippen molar-refractivity contribution in [3.05, 3.63) is 64.1 Å². The van der Waals surface area contributed by atoms with Gasteiger partial charge in [-0.3, -0.25) is 4.79 Å². The van der Waals surface area contributed by atoms with Crippen LogP contribution in [0.3, 0.4) is 0 Å². The Balaban J connectivity index is 1.45. The number of amides is 2. The minimum Gasteiger partial charge on any atom is -0.488 e. The molecule has 1 aliphatic carbocycles. The minimum absolute atomic E-state index is 0.0246. The highest BCUT2D eigenvalue weighted by Crippen LogP contribution is 2.45. The first-order valence-corrected chi connectivity index (χ1v) is 11.7. The predicted molar refractivity (Wildman–Crippen MR) is 126 cm³/mol. The van der Waals surface area contributed by atoms with Crippen molar-refractivity contribution in [3.63, 3.8) is 0 Å². The number of carbonyl (C=O) groups is 2. The van der Waals surface area contributed by atoms with Crippen molar-refractivity contribution < 1.29 is 19.1 Å². The van der Waals surface area contributed by atoms with Gasteiger partial charge in [0.1, 0.15) is 18.0 Å². The molecule has 1 spiro atoms. The maximum absolute atomic E-state index is 13.4. The molecular formula is C25H29BrN2O4. The van der Waals surface area contributed by atoms with Crippen molar-refractivity contribution in [2.75, 3.05) is 19.6 Å². The average molecular weight is 501 g/mol. The number of hydrogen-bond acceptors (Lipinski definition) is 4. The van der Waals surface area contributed by atoms with Gasteiger partial charge in [-0.25, -0.2) is 4.79 Å². The Morgan fingerprint density at radius 2 is 1.78 bits per heavy atom. The van der Waals surface area contributed by atoms with Crippen LogP contribution in [0.4, 0.5) is 4.79 Å². The monoisotopic (exact) mass is 500 g/mol. The fourth-order valence-corrected chi connectivity index (χ4v) is 4.35. The standard InChI is InChI=1S/C25H29BrN2O4/c1-24(2,3)32-23(30)27-13-14-28(25(17-27)11-12-25)22(29)19-9-10-20(26)21(15-19)31-16-18-7-5-4-6-8-18/h4-10,15H,11-14,16-17H2,1-3H3. The Kier molecular flexibility index (Phi) is 6.21. The lowest BCUT2D eigenvalue weighted by Gasteiger charge is -2.42. The summed E-state index contributed by atoms with van der Waals surface area (Å²) < 4.78 is 12.3. The maximum atomic E-state index is 13.4. The van der Waals surface area contributed by atoms with Gasteiger partial charge in [0.15, 0.2) is 0 Å². The molecule has 170 valence electrons. The minimum atomic E-state index is -0.533. The van der Waals surface area contributed by atoms with E-state index in [1.807, 2.05) is 68.1 Å². The van der Waals surface area contributed by atoms with E-state index in [-0.39, 0.29) is 17.5 Å². The topological polar surface area (TPSA) is 59.1 Å². The second-order valence-electron chi connectivity index (χ2n) is 9.50. The van der Waals surface area contributed by atoms with E-state index in [9.17, 15) is 9.59 Å². The molecule has 7 heteroatoms. The number of ether oxygens (including phenoxy) is 2. The van der Waals surface area contributed by atoms with Gasteiger partial charge in [0.25, 0.3) is 5.91 Å². The van der Waals surface area contributed by atoms with E-state index in [4.69, 9.17) is 9.47 Å². The zero-order chi connectivity index (χ0) is 22.9. The quantitative estimate of drug-likeness (QED) is 0.574. The summed E-state index contributed by atoms with van der Waals surface area (Å²) in [4.78, 5) is 29.6. The number of nitrogens with zero attached hydrogens (tertiary/aromatic N) is 2. The van der Waals surface area contributed by atoms with E-state index in [2.05, 4.69) is 15.9 Å². The molecule has 2 aromatic rings. The lowest BCUT2D eigenvalue weighted by Crippen LogP contribution is -2.58. The van der Waals surface area contributed by atoms with Crippen LogP contribution in [0, 0.1) is 0 Å². The molecule has 0 bridgehead atoms. The molecule has 2 aliphatic rings. The molecule has 32 heavy (non-hydrogen) atoms. The largest absolute Gasteiger partial charge is 0.488 e. The second-order valence-corrected chi connectivity index (χ2v) is 10.4. The Morgan fingerprint density at radius 1 is 1.06 bits per heavy atom. The number of hydrogen-bond donors (Lipinski definition) is 0. The first-order chi connectivity index (χ1) is 15.2. The number of piperazine rings is 1. The molecule has 0 unspecified atom stereocenters. The Bertz CT molecular complexity index is 999. The summed E-state index contributed by atoms with van der Waals surface area (Å²) in [5.41, 5.74) is 0.832. The van der Waals surface area contributed by atoms with Crippen molar-refractivity contribution in [2.45, 2.75) is 51.4 Å². The normalized spacial score (nSPS) is 17.2. The van der Waals surface area contributed by atoms with Gasteiger partial charge in [-0.05, 0) is 73.3 Å². The molecule has 0 atom stereocenters. The molecule has 2 amide bonds.